The molecule has 0 amide bonds. The smallest absolute Gasteiger partial charge is 0.168 e. The summed E-state index contributed by atoms with van der Waals surface area (Å²) in [7, 11) is 0. The number of carbonyl (C=O) groups is 1. The maximum Gasteiger partial charge on any atom is 0.168 e. The first-order valence-electron chi connectivity index (χ1n) is 5.49. The van der Waals surface area contributed by atoms with Crippen molar-refractivity contribution in [2.45, 2.75) is 32.1 Å². The van der Waals surface area contributed by atoms with Crippen molar-refractivity contribution in [3.05, 3.63) is 35.2 Å². The molecule has 0 unspecified atom stereocenters. The summed E-state index contributed by atoms with van der Waals surface area (Å²) in [5, 5.41) is 0. The van der Waals surface area contributed by atoms with Crippen LogP contribution >= 0.6 is 0 Å². The first-order chi connectivity index (χ1) is 7.38. The van der Waals surface area contributed by atoms with Crippen LogP contribution in [0.3, 0.4) is 0 Å². The lowest BCUT2D eigenvalue weighted by molar-refractivity contribution is 0.111. The second-order valence-corrected chi connectivity index (χ2v) is 4.00. The summed E-state index contributed by atoms with van der Waals surface area (Å²) in [5.74, 6) is 0. The lowest BCUT2D eigenvalue weighted by Gasteiger charge is -2.13. The second kappa shape index (κ2) is 4.87. The standard InChI is InChI=1S/C13H15NO/c15-10-13-7-6-12(9-14-13)8-11-4-2-1-3-5-11/h6-10H,1-5H2. The van der Waals surface area contributed by atoms with Crippen LogP contribution in [0.15, 0.2) is 23.9 Å². The van der Waals surface area contributed by atoms with E-state index < -0.39 is 0 Å². The van der Waals surface area contributed by atoms with Crippen molar-refractivity contribution in [3.8, 4) is 0 Å². The molecule has 2 heteroatoms. The van der Waals surface area contributed by atoms with E-state index in [9.17, 15) is 4.79 Å². The highest BCUT2D eigenvalue weighted by Crippen LogP contribution is 2.24. The van der Waals surface area contributed by atoms with Gasteiger partial charge in [-0.2, -0.15) is 0 Å². The third kappa shape index (κ3) is 2.75. The highest BCUT2D eigenvalue weighted by molar-refractivity contribution is 5.72. The van der Waals surface area contributed by atoms with Gasteiger partial charge in [0.25, 0.3) is 0 Å². The quantitative estimate of drug-likeness (QED) is 0.687. The average molecular weight is 201 g/mol. The molecule has 1 saturated carbocycles. The topological polar surface area (TPSA) is 30.0 Å². The Labute approximate surface area is 90.0 Å². The SMILES string of the molecule is O=Cc1ccc(C=C2CCCCC2)cn1. The molecular weight excluding hydrogens is 186 g/mol. The van der Waals surface area contributed by atoms with Crippen LogP contribution in [-0.2, 0) is 0 Å². The van der Waals surface area contributed by atoms with Gasteiger partial charge in [-0.1, -0.05) is 24.1 Å². The fourth-order valence-electron chi connectivity index (χ4n) is 1.96. The van der Waals surface area contributed by atoms with Crippen molar-refractivity contribution in [2.24, 2.45) is 0 Å². The summed E-state index contributed by atoms with van der Waals surface area (Å²) in [6.45, 7) is 0. The van der Waals surface area contributed by atoms with E-state index in [-0.39, 0.29) is 0 Å². The summed E-state index contributed by atoms with van der Waals surface area (Å²) < 4.78 is 0. The van der Waals surface area contributed by atoms with Crippen LogP contribution in [0.25, 0.3) is 6.08 Å². The molecule has 0 spiro atoms. The first kappa shape index (κ1) is 10.1. The molecule has 0 aromatic carbocycles. The van der Waals surface area contributed by atoms with E-state index in [1.165, 1.54) is 37.7 Å². The van der Waals surface area contributed by atoms with E-state index in [0.717, 1.165) is 11.8 Å². The molecule has 0 aliphatic heterocycles. The molecule has 0 saturated heterocycles. The maximum absolute atomic E-state index is 10.4. The number of hydrogen-bond donors (Lipinski definition) is 0. The monoisotopic (exact) mass is 201 g/mol. The molecule has 0 N–H and O–H groups in total. The summed E-state index contributed by atoms with van der Waals surface area (Å²) >= 11 is 0. The molecule has 0 bridgehead atoms. The summed E-state index contributed by atoms with van der Waals surface area (Å²) in [6, 6.07) is 3.72. The largest absolute Gasteiger partial charge is 0.296 e. The normalized spacial score (nSPS) is 16.1. The number of rotatable bonds is 2. The molecule has 1 aromatic heterocycles. The van der Waals surface area contributed by atoms with Gasteiger partial charge in [0, 0.05) is 6.20 Å². The predicted octanol–water partition coefficient (Wildman–Crippen LogP) is 3.24. The Morgan fingerprint density at radius 2 is 1.93 bits per heavy atom. The van der Waals surface area contributed by atoms with Crippen LogP contribution in [0.2, 0.25) is 0 Å². The molecule has 1 fully saturated rings. The van der Waals surface area contributed by atoms with E-state index in [4.69, 9.17) is 0 Å². The third-order valence-electron chi connectivity index (χ3n) is 2.80. The van der Waals surface area contributed by atoms with Gasteiger partial charge < -0.3 is 0 Å². The molecule has 15 heavy (non-hydrogen) atoms. The molecule has 2 nitrogen and oxygen atoms in total. The summed E-state index contributed by atoms with van der Waals surface area (Å²) in [6.07, 6.45) is 11.2. The van der Waals surface area contributed by atoms with E-state index in [0.29, 0.717) is 5.69 Å². The minimum Gasteiger partial charge on any atom is -0.296 e. The van der Waals surface area contributed by atoms with Gasteiger partial charge in [0.2, 0.25) is 0 Å². The summed E-state index contributed by atoms with van der Waals surface area (Å²) in [4.78, 5) is 14.5. The Morgan fingerprint density at radius 1 is 1.13 bits per heavy atom. The second-order valence-electron chi connectivity index (χ2n) is 4.00. The third-order valence-corrected chi connectivity index (χ3v) is 2.80. The zero-order valence-electron chi connectivity index (χ0n) is 8.78. The van der Waals surface area contributed by atoms with Gasteiger partial charge in [-0.25, -0.2) is 0 Å². The van der Waals surface area contributed by atoms with Crippen LogP contribution in [0.1, 0.15) is 48.2 Å². The molecule has 0 radical (unpaired) electrons. The van der Waals surface area contributed by atoms with Gasteiger partial charge in [-0.15, -0.1) is 0 Å². The van der Waals surface area contributed by atoms with Gasteiger partial charge in [-0.05, 0) is 37.3 Å². The van der Waals surface area contributed by atoms with Gasteiger partial charge in [0.15, 0.2) is 6.29 Å². The zero-order valence-corrected chi connectivity index (χ0v) is 8.78. The van der Waals surface area contributed by atoms with Crippen molar-refractivity contribution in [2.75, 3.05) is 0 Å². The highest BCUT2D eigenvalue weighted by Gasteiger charge is 2.04. The Hall–Kier alpha value is -1.44. The summed E-state index contributed by atoms with van der Waals surface area (Å²) in [5.41, 5.74) is 3.13. The average Bonchev–Trinajstić information content (AvgIpc) is 2.31. The molecule has 2 rings (SSSR count). The Balaban J connectivity index is 2.11. The lowest BCUT2D eigenvalue weighted by atomic mass is 9.94. The number of nitrogens with zero attached hydrogens (tertiary/aromatic N) is 1. The molecular formula is C13H15NO. The number of carbonyl (C=O) groups excluding carboxylic acids is 1. The number of aldehydes is 1. The van der Waals surface area contributed by atoms with Crippen molar-refractivity contribution >= 4 is 12.4 Å². The van der Waals surface area contributed by atoms with Crippen LogP contribution in [0, 0.1) is 0 Å². The number of hydrogen-bond acceptors (Lipinski definition) is 2. The number of pyridine rings is 1. The molecule has 78 valence electrons. The zero-order chi connectivity index (χ0) is 10.5. The fraction of sp³-hybridized carbons (Fsp3) is 0.385. The Morgan fingerprint density at radius 3 is 2.53 bits per heavy atom. The predicted molar refractivity (Wildman–Crippen MR) is 60.7 cm³/mol. The van der Waals surface area contributed by atoms with Crippen molar-refractivity contribution in [1.82, 2.24) is 4.98 Å². The van der Waals surface area contributed by atoms with Crippen molar-refractivity contribution in [1.29, 1.82) is 0 Å². The first-order valence-corrected chi connectivity index (χ1v) is 5.49. The van der Waals surface area contributed by atoms with Crippen molar-refractivity contribution in [3.63, 3.8) is 0 Å². The van der Waals surface area contributed by atoms with E-state index in [1.54, 1.807) is 12.3 Å². The maximum atomic E-state index is 10.4. The Kier molecular flexibility index (Phi) is 3.28. The fourth-order valence-corrected chi connectivity index (χ4v) is 1.96. The number of allylic oxidation sites excluding steroid dienone is 1. The van der Waals surface area contributed by atoms with E-state index >= 15 is 0 Å². The molecule has 0 atom stereocenters. The minimum atomic E-state index is 0.501. The van der Waals surface area contributed by atoms with Gasteiger partial charge >= 0.3 is 0 Å². The lowest BCUT2D eigenvalue weighted by Crippen LogP contribution is -1.93. The van der Waals surface area contributed by atoms with Gasteiger partial charge in [-0.3, -0.25) is 9.78 Å². The van der Waals surface area contributed by atoms with Crippen LogP contribution in [0.4, 0.5) is 0 Å². The van der Waals surface area contributed by atoms with Crippen LogP contribution < -0.4 is 0 Å². The van der Waals surface area contributed by atoms with Crippen LogP contribution in [-0.4, -0.2) is 11.3 Å². The molecule has 1 heterocycles. The Bertz CT molecular complexity index is 357. The van der Waals surface area contributed by atoms with E-state index in [1.807, 2.05) is 6.07 Å². The van der Waals surface area contributed by atoms with Gasteiger partial charge in [0.05, 0.1) is 0 Å². The number of aromatic nitrogens is 1. The minimum absolute atomic E-state index is 0.501. The van der Waals surface area contributed by atoms with Crippen LogP contribution in [0.5, 0.6) is 0 Å². The molecule has 1 aliphatic carbocycles. The van der Waals surface area contributed by atoms with Gasteiger partial charge in [0.1, 0.15) is 5.69 Å². The molecule has 1 aromatic rings. The van der Waals surface area contributed by atoms with E-state index in [2.05, 4.69) is 11.1 Å². The highest BCUT2D eigenvalue weighted by atomic mass is 16.1. The molecule has 1 aliphatic rings. The van der Waals surface area contributed by atoms with Crippen molar-refractivity contribution < 1.29 is 4.79 Å².